The van der Waals surface area contributed by atoms with E-state index in [0.717, 1.165) is 6.54 Å². The van der Waals surface area contributed by atoms with Gasteiger partial charge in [-0.25, -0.2) is 0 Å². The van der Waals surface area contributed by atoms with Gasteiger partial charge in [-0.15, -0.1) is 0 Å². The number of hydrogen-bond donors (Lipinski definition) is 0. The average molecular weight is 232 g/mol. The Morgan fingerprint density at radius 2 is 2.12 bits per heavy atom. The quantitative estimate of drug-likeness (QED) is 0.802. The fourth-order valence-corrected chi connectivity index (χ4v) is 2.52. The number of hydrogen-bond acceptors (Lipinski definition) is 2. The first-order valence-corrected chi connectivity index (χ1v) is 6.44. The molecule has 0 atom stereocenters. The van der Waals surface area contributed by atoms with Gasteiger partial charge in [0.05, 0.1) is 0 Å². The van der Waals surface area contributed by atoms with Gasteiger partial charge in [-0.1, -0.05) is 25.3 Å². The first kappa shape index (κ1) is 12.1. The molecule has 1 aliphatic rings. The molecule has 1 saturated carbocycles. The van der Waals surface area contributed by atoms with Crippen LogP contribution in [-0.4, -0.2) is 29.4 Å². The second kappa shape index (κ2) is 5.80. The topological polar surface area (TPSA) is 33.2 Å². The second-order valence-electron chi connectivity index (χ2n) is 4.90. The van der Waals surface area contributed by atoms with Crippen molar-refractivity contribution in [1.82, 2.24) is 9.88 Å². The first-order valence-electron chi connectivity index (χ1n) is 6.44. The van der Waals surface area contributed by atoms with Crippen LogP contribution in [0.5, 0.6) is 0 Å². The number of pyridine rings is 1. The van der Waals surface area contributed by atoms with Crippen LogP contribution in [0.3, 0.4) is 0 Å². The Morgan fingerprint density at radius 1 is 1.35 bits per heavy atom. The SMILES string of the molecule is CN(CC1CCCCC1)C(=O)c1ccccn1. The van der Waals surface area contributed by atoms with Crippen LogP contribution in [0.2, 0.25) is 0 Å². The van der Waals surface area contributed by atoms with Crippen molar-refractivity contribution < 1.29 is 4.79 Å². The lowest BCUT2D eigenvalue weighted by Gasteiger charge is -2.26. The van der Waals surface area contributed by atoms with Crippen LogP contribution in [0.25, 0.3) is 0 Å². The van der Waals surface area contributed by atoms with Gasteiger partial charge in [-0.05, 0) is 30.9 Å². The summed E-state index contributed by atoms with van der Waals surface area (Å²) < 4.78 is 0. The van der Waals surface area contributed by atoms with Gasteiger partial charge in [0, 0.05) is 19.8 Å². The van der Waals surface area contributed by atoms with E-state index in [1.807, 2.05) is 24.1 Å². The minimum Gasteiger partial charge on any atom is -0.340 e. The molecule has 0 radical (unpaired) electrons. The van der Waals surface area contributed by atoms with Crippen LogP contribution >= 0.6 is 0 Å². The normalized spacial score (nSPS) is 16.8. The third-order valence-electron chi connectivity index (χ3n) is 3.49. The molecule has 0 aromatic carbocycles. The Kier molecular flexibility index (Phi) is 4.13. The predicted octanol–water partition coefficient (Wildman–Crippen LogP) is 2.73. The summed E-state index contributed by atoms with van der Waals surface area (Å²) in [5.41, 5.74) is 0.547. The Bertz CT molecular complexity index is 358. The molecule has 0 unspecified atom stereocenters. The maximum Gasteiger partial charge on any atom is 0.272 e. The molecular weight excluding hydrogens is 212 g/mol. The van der Waals surface area contributed by atoms with E-state index >= 15 is 0 Å². The Hall–Kier alpha value is -1.38. The summed E-state index contributed by atoms with van der Waals surface area (Å²) in [5, 5.41) is 0. The molecule has 1 aromatic heterocycles. The summed E-state index contributed by atoms with van der Waals surface area (Å²) >= 11 is 0. The molecular formula is C14H20N2O. The van der Waals surface area contributed by atoms with E-state index in [2.05, 4.69) is 4.98 Å². The van der Waals surface area contributed by atoms with Crippen LogP contribution in [0.15, 0.2) is 24.4 Å². The molecule has 3 nitrogen and oxygen atoms in total. The fraction of sp³-hybridized carbons (Fsp3) is 0.571. The molecule has 1 aromatic rings. The number of carbonyl (C=O) groups is 1. The van der Waals surface area contributed by atoms with Crippen LogP contribution in [0, 0.1) is 5.92 Å². The highest BCUT2D eigenvalue weighted by atomic mass is 16.2. The van der Waals surface area contributed by atoms with Crippen LogP contribution in [0.1, 0.15) is 42.6 Å². The highest BCUT2D eigenvalue weighted by Gasteiger charge is 2.19. The zero-order valence-electron chi connectivity index (χ0n) is 10.4. The van der Waals surface area contributed by atoms with Gasteiger partial charge in [-0.3, -0.25) is 9.78 Å². The third kappa shape index (κ3) is 3.29. The van der Waals surface area contributed by atoms with Crippen molar-refractivity contribution in [3.63, 3.8) is 0 Å². The molecule has 2 rings (SSSR count). The lowest BCUT2D eigenvalue weighted by atomic mass is 9.89. The summed E-state index contributed by atoms with van der Waals surface area (Å²) in [6.07, 6.45) is 8.18. The minimum atomic E-state index is 0.0381. The van der Waals surface area contributed by atoms with E-state index in [4.69, 9.17) is 0 Å². The molecule has 1 amide bonds. The van der Waals surface area contributed by atoms with E-state index in [1.54, 1.807) is 12.3 Å². The Balaban J connectivity index is 1.91. The fourth-order valence-electron chi connectivity index (χ4n) is 2.52. The van der Waals surface area contributed by atoms with Crippen molar-refractivity contribution in [2.75, 3.05) is 13.6 Å². The van der Waals surface area contributed by atoms with Crippen molar-refractivity contribution in [2.45, 2.75) is 32.1 Å². The van der Waals surface area contributed by atoms with Gasteiger partial charge in [-0.2, -0.15) is 0 Å². The lowest BCUT2D eigenvalue weighted by molar-refractivity contribution is 0.0755. The van der Waals surface area contributed by atoms with Crippen molar-refractivity contribution in [1.29, 1.82) is 0 Å². The van der Waals surface area contributed by atoms with E-state index in [-0.39, 0.29) is 5.91 Å². The van der Waals surface area contributed by atoms with Crippen LogP contribution < -0.4 is 0 Å². The highest BCUT2D eigenvalue weighted by molar-refractivity contribution is 5.92. The molecule has 0 saturated heterocycles. The van der Waals surface area contributed by atoms with Gasteiger partial charge in [0.25, 0.3) is 5.91 Å². The first-order chi connectivity index (χ1) is 8.27. The molecule has 92 valence electrons. The predicted molar refractivity (Wildman–Crippen MR) is 67.8 cm³/mol. The van der Waals surface area contributed by atoms with E-state index in [9.17, 15) is 4.79 Å². The van der Waals surface area contributed by atoms with E-state index in [0.29, 0.717) is 11.6 Å². The van der Waals surface area contributed by atoms with Crippen molar-refractivity contribution >= 4 is 5.91 Å². The molecule has 1 heterocycles. The second-order valence-corrected chi connectivity index (χ2v) is 4.90. The van der Waals surface area contributed by atoms with Gasteiger partial charge in [0.15, 0.2) is 0 Å². The summed E-state index contributed by atoms with van der Waals surface area (Å²) in [7, 11) is 1.88. The average Bonchev–Trinajstić information content (AvgIpc) is 2.40. The largest absolute Gasteiger partial charge is 0.340 e. The molecule has 17 heavy (non-hydrogen) atoms. The van der Waals surface area contributed by atoms with Gasteiger partial charge in [0.1, 0.15) is 5.69 Å². The molecule has 1 aliphatic carbocycles. The Labute approximate surface area is 103 Å². The van der Waals surface area contributed by atoms with Gasteiger partial charge < -0.3 is 4.90 Å². The smallest absolute Gasteiger partial charge is 0.272 e. The van der Waals surface area contributed by atoms with Crippen LogP contribution in [0.4, 0.5) is 0 Å². The zero-order chi connectivity index (χ0) is 12.1. The maximum atomic E-state index is 12.1. The summed E-state index contributed by atoms with van der Waals surface area (Å²) in [6.45, 7) is 0.870. The molecule has 1 fully saturated rings. The molecule has 3 heteroatoms. The number of rotatable bonds is 3. The Morgan fingerprint density at radius 3 is 2.76 bits per heavy atom. The standard InChI is InChI=1S/C14H20N2O/c1-16(11-12-7-3-2-4-8-12)14(17)13-9-5-6-10-15-13/h5-6,9-10,12H,2-4,7-8,11H2,1H3. The maximum absolute atomic E-state index is 12.1. The van der Waals surface area contributed by atoms with Crippen molar-refractivity contribution in [3.05, 3.63) is 30.1 Å². The number of amides is 1. The van der Waals surface area contributed by atoms with Crippen LogP contribution in [-0.2, 0) is 0 Å². The molecule has 0 spiro atoms. The summed E-state index contributed by atoms with van der Waals surface area (Å²) in [6, 6.07) is 5.46. The third-order valence-corrected chi connectivity index (χ3v) is 3.49. The number of nitrogens with zero attached hydrogens (tertiary/aromatic N) is 2. The summed E-state index contributed by atoms with van der Waals surface area (Å²) in [5.74, 6) is 0.720. The van der Waals surface area contributed by atoms with E-state index in [1.165, 1.54) is 32.1 Å². The van der Waals surface area contributed by atoms with Gasteiger partial charge in [0.2, 0.25) is 0 Å². The highest BCUT2D eigenvalue weighted by Crippen LogP contribution is 2.24. The number of carbonyl (C=O) groups excluding carboxylic acids is 1. The zero-order valence-corrected chi connectivity index (χ0v) is 10.4. The number of aromatic nitrogens is 1. The monoisotopic (exact) mass is 232 g/mol. The minimum absolute atomic E-state index is 0.0381. The van der Waals surface area contributed by atoms with E-state index < -0.39 is 0 Å². The lowest BCUT2D eigenvalue weighted by Crippen LogP contribution is -2.33. The molecule has 0 aliphatic heterocycles. The van der Waals surface area contributed by atoms with Crippen molar-refractivity contribution in [3.8, 4) is 0 Å². The van der Waals surface area contributed by atoms with Gasteiger partial charge >= 0.3 is 0 Å². The molecule has 0 N–H and O–H groups in total. The van der Waals surface area contributed by atoms with Crippen molar-refractivity contribution in [2.24, 2.45) is 5.92 Å². The molecule has 0 bridgehead atoms. The summed E-state index contributed by atoms with van der Waals surface area (Å²) in [4.78, 5) is 18.0.